The lowest BCUT2D eigenvalue weighted by atomic mass is 9.92. The molecule has 1 unspecified atom stereocenters. The SMILES string of the molecule is CCCCC(O)(NC(C)(C)C)c1ccc(Br)nc1-c1nnn[nH]1. The summed E-state index contributed by atoms with van der Waals surface area (Å²) >= 11 is 3.37. The van der Waals surface area contributed by atoms with Crippen LogP contribution in [0, 0.1) is 0 Å². The van der Waals surface area contributed by atoms with Gasteiger partial charge in [0.05, 0.1) is 0 Å². The van der Waals surface area contributed by atoms with E-state index in [1.807, 2.05) is 32.9 Å². The quantitative estimate of drug-likeness (QED) is 0.524. The molecule has 2 rings (SSSR count). The number of H-pyrrole nitrogens is 1. The molecule has 2 heterocycles. The van der Waals surface area contributed by atoms with Crippen molar-refractivity contribution < 1.29 is 5.11 Å². The van der Waals surface area contributed by atoms with Crippen LogP contribution in [0.5, 0.6) is 0 Å². The van der Waals surface area contributed by atoms with Gasteiger partial charge in [-0.3, -0.25) is 5.32 Å². The van der Waals surface area contributed by atoms with E-state index in [0.717, 1.165) is 12.8 Å². The number of nitrogens with one attached hydrogen (secondary N) is 2. The van der Waals surface area contributed by atoms with Crippen molar-refractivity contribution in [1.82, 2.24) is 30.9 Å². The highest BCUT2D eigenvalue weighted by atomic mass is 79.9. The Labute approximate surface area is 144 Å². The van der Waals surface area contributed by atoms with Crippen LogP contribution < -0.4 is 5.32 Å². The van der Waals surface area contributed by atoms with Crippen LogP contribution in [0.4, 0.5) is 0 Å². The predicted molar refractivity (Wildman–Crippen MR) is 91.4 cm³/mol. The Bertz CT molecular complexity index is 640. The van der Waals surface area contributed by atoms with Gasteiger partial charge in [-0.15, -0.1) is 5.10 Å². The van der Waals surface area contributed by atoms with Crippen LogP contribution in [-0.2, 0) is 5.72 Å². The van der Waals surface area contributed by atoms with Crippen molar-refractivity contribution in [1.29, 1.82) is 0 Å². The number of nitrogens with zero attached hydrogens (tertiary/aromatic N) is 4. The number of aromatic amines is 1. The molecule has 23 heavy (non-hydrogen) atoms. The number of halogens is 1. The molecule has 0 spiro atoms. The number of hydrogen-bond donors (Lipinski definition) is 3. The number of tetrazole rings is 1. The van der Waals surface area contributed by atoms with E-state index < -0.39 is 5.72 Å². The highest BCUT2D eigenvalue weighted by molar-refractivity contribution is 9.10. The molecule has 0 bridgehead atoms. The van der Waals surface area contributed by atoms with Crippen molar-refractivity contribution in [3.8, 4) is 11.5 Å². The van der Waals surface area contributed by atoms with E-state index in [1.165, 1.54) is 0 Å². The highest BCUT2D eigenvalue weighted by Gasteiger charge is 2.36. The summed E-state index contributed by atoms with van der Waals surface area (Å²) in [5, 5.41) is 28.6. The summed E-state index contributed by atoms with van der Waals surface area (Å²) in [5.74, 6) is 0.423. The Balaban J connectivity index is 2.54. The van der Waals surface area contributed by atoms with Gasteiger partial charge in [-0.05, 0) is 72.1 Å². The van der Waals surface area contributed by atoms with Crippen molar-refractivity contribution in [2.75, 3.05) is 0 Å². The summed E-state index contributed by atoms with van der Waals surface area (Å²) in [6.45, 7) is 8.16. The maximum atomic E-state index is 11.4. The molecule has 0 amide bonds. The second kappa shape index (κ2) is 7.02. The molecule has 0 radical (unpaired) electrons. The van der Waals surface area contributed by atoms with E-state index in [-0.39, 0.29) is 5.54 Å². The first kappa shape index (κ1) is 18.0. The smallest absolute Gasteiger partial charge is 0.198 e. The van der Waals surface area contributed by atoms with Gasteiger partial charge >= 0.3 is 0 Å². The maximum absolute atomic E-state index is 11.4. The molecule has 1 atom stereocenters. The maximum Gasteiger partial charge on any atom is 0.198 e. The largest absolute Gasteiger partial charge is 0.371 e. The Hall–Kier alpha value is -1.38. The fourth-order valence-electron chi connectivity index (χ4n) is 2.53. The first-order chi connectivity index (χ1) is 10.7. The minimum absolute atomic E-state index is 0.271. The molecule has 0 aliphatic heterocycles. The summed E-state index contributed by atoms with van der Waals surface area (Å²) in [6.07, 6.45) is 2.43. The first-order valence-electron chi connectivity index (χ1n) is 7.68. The van der Waals surface area contributed by atoms with Gasteiger partial charge in [0.1, 0.15) is 16.0 Å². The third-order valence-electron chi connectivity index (χ3n) is 3.35. The molecule has 0 aliphatic carbocycles. The van der Waals surface area contributed by atoms with Crippen LogP contribution in [-0.4, -0.2) is 36.3 Å². The van der Waals surface area contributed by atoms with Gasteiger partial charge < -0.3 is 5.11 Å². The Morgan fingerprint density at radius 3 is 2.61 bits per heavy atom. The summed E-state index contributed by atoms with van der Waals surface area (Å²) in [6, 6.07) is 3.66. The minimum Gasteiger partial charge on any atom is -0.371 e. The number of rotatable bonds is 6. The Morgan fingerprint density at radius 2 is 2.04 bits per heavy atom. The number of aromatic nitrogens is 5. The summed E-state index contributed by atoms with van der Waals surface area (Å²) in [7, 11) is 0. The van der Waals surface area contributed by atoms with E-state index in [0.29, 0.717) is 28.1 Å². The van der Waals surface area contributed by atoms with E-state index >= 15 is 0 Å². The van der Waals surface area contributed by atoms with Crippen LogP contribution in [0.25, 0.3) is 11.5 Å². The normalized spacial score (nSPS) is 14.7. The van der Waals surface area contributed by atoms with E-state index in [2.05, 4.69) is 53.8 Å². The fourth-order valence-corrected chi connectivity index (χ4v) is 2.84. The Morgan fingerprint density at radius 1 is 1.30 bits per heavy atom. The molecule has 0 aliphatic rings. The van der Waals surface area contributed by atoms with Gasteiger partial charge in [0.2, 0.25) is 0 Å². The molecule has 8 heteroatoms. The van der Waals surface area contributed by atoms with E-state index in [9.17, 15) is 5.11 Å². The second-order valence-electron chi connectivity index (χ2n) is 6.62. The average Bonchev–Trinajstić information content (AvgIpc) is 2.97. The number of unbranched alkanes of at least 4 members (excludes halogenated alkanes) is 1. The van der Waals surface area contributed by atoms with Crippen LogP contribution in [0.3, 0.4) is 0 Å². The minimum atomic E-state index is -1.22. The third kappa shape index (κ3) is 4.55. The zero-order valence-corrected chi connectivity index (χ0v) is 15.5. The van der Waals surface area contributed by atoms with E-state index in [1.54, 1.807) is 0 Å². The molecule has 0 saturated heterocycles. The van der Waals surface area contributed by atoms with Crippen molar-refractivity contribution in [3.05, 3.63) is 22.3 Å². The molecule has 2 aromatic rings. The van der Waals surface area contributed by atoms with Crippen LogP contribution in [0.1, 0.15) is 52.5 Å². The molecule has 0 saturated carbocycles. The van der Waals surface area contributed by atoms with E-state index in [4.69, 9.17) is 0 Å². The lowest BCUT2D eigenvalue weighted by molar-refractivity contribution is -0.0317. The topological polar surface area (TPSA) is 99.6 Å². The lowest BCUT2D eigenvalue weighted by Crippen LogP contribution is -2.52. The summed E-state index contributed by atoms with van der Waals surface area (Å²) in [4.78, 5) is 4.46. The average molecular weight is 383 g/mol. The zero-order valence-electron chi connectivity index (χ0n) is 13.9. The number of aliphatic hydroxyl groups is 1. The first-order valence-corrected chi connectivity index (χ1v) is 8.47. The standard InChI is InChI=1S/C15H23BrN6O/c1-5-6-9-15(23,20-14(2,3)4)10-7-8-11(16)17-12(10)13-18-21-22-19-13/h7-8,20,23H,5-6,9H2,1-4H3,(H,18,19,21,22). The van der Waals surface area contributed by atoms with Crippen molar-refractivity contribution >= 4 is 15.9 Å². The number of pyridine rings is 1. The molecule has 0 fully saturated rings. The number of hydrogen-bond acceptors (Lipinski definition) is 6. The van der Waals surface area contributed by atoms with Crippen molar-refractivity contribution in [2.24, 2.45) is 0 Å². The van der Waals surface area contributed by atoms with Gasteiger partial charge in [-0.25, -0.2) is 10.1 Å². The summed E-state index contributed by atoms with van der Waals surface area (Å²) in [5.41, 5.74) is -0.307. The third-order valence-corrected chi connectivity index (χ3v) is 3.79. The molecular weight excluding hydrogens is 360 g/mol. The van der Waals surface area contributed by atoms with Gasteiger partial charge in [-0.1, -0.05) is 13.3 Å². The van der Waals surface area contributed by atoms with Crippen LogP contribution in [0.15, 0.2) is 16.7 Å². The highest BCUT2D eigenvalue weighted by Crippen LogP contribution is 2.33. The van der Waals surface area contributed by atoms with Gasteiger partial charge in [0, 0.05) is 11.1 Å². The predicted octanol–water partition coefficient (Wildman–Crippen LogP) is 2.75. The van der Waals surface area contributed by atoms with Crippen LogP contribution in [0.2, 0.25) is 0 Å². The molecule has 7 nitrogen and oxygen atoms in total. The van der Waals surface area contributed by atoms with Gasteiger partial charge in [0.25, 0.3) is 0 Å². The lowest BCUT2D eigenvalue weighted by Gasteiger charge is -2.37. The van der Waals surface area contributed by atoms with Gasteiger partial charge in [-0.2, -0.15) is 0 Å². The molecule has 0 aromatic carbocycles. The summed E-state index contributed by atoms with van der Waals surface area (Å²) < 4.78 is 0.654. The van der Waals surface area contributed by atoms with Crippen molar-refractivity contribution in [2.45, 2.75) is 58.2 Å². The molecule has 2 aromatic heterocycles. The van der Waals surface area contributed by atoms with Gasteiger partial charge in [0.15, 0.2) is 5.82 Å². The zero-order chi connectivity index (χ0) is 17.1. The fraction of sp³-hybridized carbons (Fsp3) is 0.600. The van der Waals surface area contributed by atoms with Crippen LogP contribution >= 0.6 is 15.9 Å². The molecule has 3 N–H and O–H groups in total. The second-order valence-corrected chi connectivity index (χ2v) is 7.43. The molecule has 126 valence electrons. The monoisotopic (exact) mass is 382 g/mol. The Kier molecular flexibility index (Phi) is 5.49. The van der Waals surface area contributed by atoms with Crippen molar-refractivity contribution in [3.63, 3.8) is 0 Å². The molecular formula is C15H23BrN6O.